The molecule has 108 valence electrons. The van der Waals surface area contributed by atoms with E-state index in [1.54, 1.807) is 6.07 Å². The Labute approximate surface area is 117 Å². The summed E-state index contributed by atoms with van der Waals surface area (Å²) >= 11 is 0. The standard InChI is InChI=1S/C12H15N3O4S/c1-9-11(20(17,18)15-6-2-3-7-15)8-10(19-9)12(16)14-5-4-13/h8H,2-3,5-7H2,1H3,(H,14,16). The monoisotopic (exact) mass is 297 g/mol. The second kappa shape index (κ2) is 5.64. The van der Waals surface area contributed by atoms with Crippen LogP contribution in [0.3, 0.4) is 0 Å². The molecule has 0 bridgehead atoms. The SMILES string of the molecule is Cc1oc(C(=O)NCC#N)cc1S(=O)(=O)N1CCCC1. The van der Waals surface area contributed by atoms with Gasteiger partial charge < -0.3 is 9.73 Å². The number of rotatable bonds is 4. The summed E-state index contributed by atoms with van der Waals surface area (Å²) in [4.78, 5) is 11.7. The number of hydrogen-bond acceptors (Lipinski definition) is 5. The fourth-order valence-corrected chi connectivity index (χ4v) is 3.79. The first kappa shape index (κ1) is 14.6. The molecule has 0 radical (unpaired) electrons. The molecule has 8 heteroatoms. The Balaban J connectivity index is 2.27. The number of carbonyl (C=O) groups is 1. The van der Waals surface area contributed by atoms with Gasteiger partial charge in [0.15, 0.2) is 5.76 Å². The number of carbonyl (C=O) groups excluding carboxylic acids is 1. The molecule has 0 unspecified atom stereocenters. The van der Waals surface area contributed by atoms with Gasteiger partial charge in [-0.2, -0.15) is 9.57 Å². The molecule has 1 aromatic heterocycles. The highest BCUT2D eigenvalue weighted by Crippen LogP contribution is 2.26. The van der Waals surface area contributed by atoms with Gasteiger partial charge in [0.1, 0.15) is 17.2 Å². The summed E-state index contributed by atoms with van der Waals surface area (Å²) in [6.45, 7) is 2.32. The van der Waals surface area contributed by atoms with E-state index in [-0.39, 0.29) is 23.0 Å². The highest BCUT2D eigenvalue weighted by Gasteiger charge is 2.31. The fourth-order valence-electron chi connectivity index (χ4n) is 2.11. The van der Waals surface area contributed by atoms with Gasteiger partial charge >= 0.3 is 0 Å². The minimum absolute atomic E-state index is 0.0153. The largest absolute Gasteiger partial charge is 0.455 e. The Bertz CT molecular complexity index is 651. The Morgan fingerprint density at radius 3 is 2.75 bits per heavy atom. The maximum Gasteiger partial charge on any atom is 0.287 e. The van der Waals surface area contributed by atoms with E-state index in [0.717, 1.165) is 12.8 Å². The quantitative estimate of drug-likeness (QED) is 0.821. The van der Waals surface area contributed by atoms with Crippen LogP contribution in [0, 0.1) is 18.3 Å². The van der Waals surface area contributed by atoms with Crippen molar-refractivity contribution in [1.29, 1.82) is 5.26 Å². The Morgan fingerprint density at radius 2 is 2.15 bits per heavy atom. The van der Waals surface area contributed by atoms with E-state index in [1.165, 1.54) is 17.3 Å². The van der Waals surface area contributed by atoms with Crippen LogP contribution in [-0.4, -0.2) is 38.3 Å². The highest BCUT2D eigenvalue weighted by molar-refractivity contribution is 7.89. The minimum atomic E-state index is -3.61. The maximum atomic E-state index is 12.4. The van der Waals surface area contributed by atoms with Crippen LogP contribution in [0.15, 0.2) is 15.4 Å². The van der Waals surface area contributed by atoms with Crippen LogP contribution in [0.1, 0.15) is 29.2 Å². The molecule has 1 aliphatic rings. The minimum Gasteiger partial charge on any atom is -0.455 e. The molecule has 2 rings (SSSR count). The zero-order valence-electron chi connectivity index (χ0n) is 11.0. The molecule has 0 aromatic carbocycles. The number of aryl methyl sites for hydroxylation is 1. The predicted molar refractivity (Wildman–Crippen MR) is 69.4 cm³/mol. The normalized spacial score (nSPS) is 16.0. The van der Waals surface area contributed by atoms with Gasteiger partial charge in [-0.3, -0.25) is 4.79 Å². The first-order valence-corrected chi connectivity index (χ1v) is 7.66. The smallest absolute Gasteiger partial charge is 0.287 e. The lowest BCUT2D eigenvalue weighted by Crippen LogP contribution is -2.28. The number of amides is 1. The molecular formula is C12H15N3O4S. The van der Waals surface area contributed by atoms with Crippen molar-refractivity contribution >= 4 is 15.9 Å². The van der Waals surface area contributed by atoms with E-state index in [4.69, 9.17) is 9.68 Å². The van der Waals surface area contributed by atoms with Crippen LogP contribution in [0.5, 0.6) is 0 Å². The van der Waals surface area contributed by atoms with Crippen LogP contribution >= 0.6 is 0 Å². The topological polar surface area (TPSA) is 103 Å². The number of nitrogens with zero attached hydrogens (tertiary/aromatic N) is 2. The second-order valence-electron chi connectivity index (χ2n) is 4.48. The number of sulfonamides is 1. The summed E-state index contributed by atoms with van der Waals surface area (Å²) in [5.74, 6) is -0.521. The van der Waals surface area contributed by atoms with E-state index in [0.29, 0.717) is 13.1 Å². The van der Waals surface area contributed by atoms with Gasteiger partial charge in [0.2, 0.25) is 10.0 Å². The zero-order chi connectivity index (χ0) is 14.8. The van der Waals surface area contributed by atoms with Gasteiger partial charge in [0, 0.05) is 19.2 Å². The lowest BCUT2D eigenvalue weighted by molar-refractivity contribution is 0.0929. The average Bonchev–Trinajstić information content (AvgIpc) is 3.05. The average molecular weight is 297 g/mol. The molecule has 0 spiro atoms. The summed E-state index contributed by atoms with van der Waals surface area (Å²) in [5, 5.41) is 10.7. The van der Waals surface area contributed by atoms with Gasteiger partial charge in [-0.05, 0) is 19.8 Å². The third kappa shape index (κ3) is 2.69. The van der Waals surface area contributed by atoms with Crippen molar-refractivity contribution in [2.75, 3.05) is 19.6 Å². The molecule has 2 heterocycles. The van der Waals surface area contributed by atoms with E-state index in [1.807, 2.05) is 0 Å². The molecule has 1 amide bonds. The van der Waals surface area contributed by atoms with E-state index in [2.05, 4.69) is 5.32 Å². The Kier molecular flexibility index (Phi) is 4.11. The summed E-state index contributed by atoms with van der Waals surface area (Å²) in [6.07, 6.45) is 1.68. The maximum absolute atomic E-state index is 12.4. The van der Waals surface area contributed by atoms with E-state index < -0.39 is 15.9 Å². The van der Waals surface area contributed by atoms with Crippen molar-refractivity contribution in [2.24, 2.45) is 0 Å². The molecule has 7 nitrogen and oxygen atoms in total. The summed E-state index contributed by atoms with van der Waals surface area (Å²) < 4.78 is 31.4. The van der Waals surface area contributed by atoms with Crippen LogP contribution in [-0.2, 0) is 10.0 Å². The molecule has 1 N–H and O–H groups in total. The summed E-state index contributed by atoms with van der Waals surface area (Å²) in [6, 6.07) is 2.98. The van der Waals surface area contributed by atoms with Gasteiger partial charge in [0.25, 0.3) is 5.91 Å². The molecular weight excluding hydrogens is 282 g/mol. The van der Waals surface area contributed by atoms with Crippen molar-refractivity contribution in [1.82, 2.24) is 9.62 Å². The second-order valence-corrected chi connectivity index (χ2v) is 6.39. The number of hydrogen-bond donors (Lipinski definition) is 1. The molecule has 20 heavy (non-hydrogen) atoms. The lowest BCUT2D eigenvalue weighted by atomic mass is 10.4. The van der Waals surface area contributed by atoms with Crippen molar-refractivity contribution in [2.45, 2.75) is 24.7 Å². The third-order valence-electron chi connectivity index (χ3n) is 3.11. The summed E-state index contributed by atoms with van der Waals surface area (Å²) in [5.41, 5.74) is 0. The molecule has 1 fully saturated rings. The van der Waals surface area contributed by atoms with Gasteiger partial charge in [0.05, 0.1) is 6.07 Å². The van der Waals surface area contributed by atoms with Crippen LogP contribution < -0.4 is 5.32 Å². The molecule has 0 saturated carbocycles. The zero-order valence-corrected chi connectivity index (χ0v) is 11.9. The van der Waals surface area contributed by atoms with Gasteiger partial charge in [-0.25, -0.2) is 8.42 Å². The first-order chi connectivity index (χ1) is 9.46. The van der Waals surface area contributed by atoms with Crippen molar-refractivity contribution < 1.29 is 17.6 Å². The van der Waals surface area contributed by atoms with Crippen LogP contribution in [0.25, 0.3) is 0 Å². The Hall–Kier alpha value is -1.85. The van der Waals surface area contributed by atoms with Crippen LogP contribution in [0.4, 0.5) is 0 Å². The Morgan fingerprint density at radius 1 is 1.50 bits per heavy atom. The third-order valence-corrected chi connectivity index (χ3v) is 5.11. The number of furan rings is 1. The fraction of sp³-hybridized carbons (Fsp3) is 0.500. The van der Waals surface area contributed by atoms with E-state index >= 15 is 0 Å². The van der Waals surface area contributed by atoms with Crippen LogP contribution in [0.2, 0.25) is 0 Å². The number of nitrogens with one attached hydrogen (secondary N) is 1. The molecule has 0 atom stereocenters. The van der Waals surface area contributed by atoms with Gasteiger partial charge in [-0.15, -0.1) is 0 Å². The van der Waals surface area contributed by atoms with E-state index in [9.17, 15) is 13.2 Å². The summed E-state index contributed by atoms with van der Waals surface area (Å²) in [7, 11) is -3.61. The number of nitriles is 1. The molecule has 1 aromatic rings. The van der Waals surface area contributed by atoms with Gasteiger partial charge in [-0.1, -0.05) is 0 Å². The molecule has 1 saturated heterocycles. The highest BCUT2D eigenvalue weighted by atomic mass is 32.2. The lowest BCUT2D eigenvalue weighted by Gasteiger charge is -2.14. The van der Waals surface area contributed by atoms with Crippen molar-refractivity contribution in [3.63, 3.8) is 0 Å². The predicted octanol–water partition coefficient (Wildman–Crippen LogP) is 0.626. The first-order valence-electron chi connectivity index (χ1n) is 6.22. The molecule has 1 aliphatic heterocycles. The van der Waals surface area contributed by atoms with Crippen molar-refractivity contribution in [3.8, 4) is 6.07 Å². The van der Waals surface area contributed by atoms with Crippen molar-refractivity contribution in [3.05, 3.63) is 17.6 Å². The molecule has 0 aliphatic carbocycles.